The molecule has 7 aliphatic rings. The summed E-state index contributed by atoms with van der Waals surface area (Å²) in [6, 6.07) is 15.3. The van der Waals surface area contributed by atoms with Crippen molar-refractivity contribution in [1.29, 1.82) is 0 Å². The lowest BCUT2D eigenvalue weighted by Crippen LogP contribution is -2.25. The Morgan fingerprint density at radius 2 is 0.523 bits per heavy atom. The minimum Gasteiger partial charge on any atom is -0.478 e. The largest absolute Gasteiger partial charge is 0.478 e. The van der Waals surface area contributed by atoms with Crippen LogP contribution in [0, 0.1) is 0 Å². The minimum atomic E-state index is -1.42. The third kappa shape index (κ3) is 9.47. The molecule has 0 fully saturated rings. The fraction of sp³-hybridized carbons (Fsp3) is 0.235. The number of aromatic carboxylic acids is 8. The van der Waals surface area contributed by atoms with Gasteiger partial charge in [-0.1, -0.05) is 0 Å². The van der Waals surface area contributed by atoms with Crippen molar-refractivity contribution in [3.63, 3.8) is 0 Å². The van der Waals surface area contributed by atoms with Gasteiger partial charge in [0.15, 0.2) is 0 Å². The Kier molecular flexibility index (Phi) is 13.9. The summed E-state index contributed by atoms with van der Waals surface area (Å²) in [6.07, 6.45) is 8.36. The Hall–Kier alpha value is -10.8. The number of nitrogens with one attached hydrogen (secondary N) is 2. The smallest absolute Gasteiger partial charge is 0.335 e. The third-order valence-corrected chi connectivity index (χ3v) is 18.0. The molecule has 2 aromatic heterocycles. The number of aliphatic imine (C=N–C) groups is 2. The number of allylic oxidation sites excluding steroid dienone is 4. The second kappa shape index (κ2) is 21.6. The van der Waals surface area contributed by atoms with Crippen LogP contribution >= 0.6 is 0 Å². The molecule has 8 bridgehead atoms. The van der Waals surface area contributed by atoms with Crippen LogP contribution in [0.4, 0.5) is 0 Å². The van der Waals surface area contributed by atoms with Gasteiger partial charge in [0, 0.05) is 22.3 Å². The zero-order valence-electron chi connectivity index (χ0n) is 47.0. The predicted molar refractivity (Wildman–Crippen MR) is 318 cm³/mol. The van der Waals surface area contributed by atoms with Crippen LogP contribution in [-0.2, 0) is 25.7 Å². The van der Waals surface area contributed by atoms with Crippen LogP contribution in [0.5, 0.6) is 0 Å². The molecule has 10 N–H and O–H groups in total. The highest BCUT2D eigenvalue weighted by molar-refractivity contribution is 6.35. The summed E-state index contributed by atoms with van der Waals surface area (Å²) in [6.45, 7) is 0. The number of carbonyl (C=O) groups is 8. The van der Waals surface area contributed by atoms with Gasteiger partial charge >= 0.3 is 47.8 Å². The first-order valence-electron chi connectivity index (χ1n) is 29.1. The molecular weight excluding hydrogens is 1130 g/mol. The average molecular weight is 1180 g/mol. The van der Waals surface area contributed by atoms with E-state index in [4.69, 9.17) is 9.98 Å². The summed E-state index contributed by atoms with van der Waals surface area (Å²) in [5.41, 5.74) is 6.76. The number of hydrogen-bond acceptors (Lipinski definition) is 10. The lowest BCUT2D eigenvalue weighted by Gasteiger charge is -2.20. The van der Waals surface area contributed by atoms with Crippen molar-refractivity contribution in [2.45, 2.75) is 103 Å². The summed E-state index contributed by atoms with van der Waals surface area (Å²) in [7, 11) is 0. The van der Waals surface area contributed by atoms with Gasteiger partial charge in [0.2, 0.25) is 0 Å². The Labute approximate surface area is 499 Å². The van der Waals surface area contributed by atoms with E-state index in [1.807, 2.05) is 0 Å². The van der Waals surface area contributed by atoms with Crippen LogP contribution in [-0.4, -0.2) is 110 Å². The van der Waals surface area contributed by atoms with E-state index in [0.717, 1.165) is 46.5 Å². The first kappa shape index (κ1) is 56.4. The second-order valence-electron chi connectivity index (χ2n) is 23.2. The number of carboxylic acid groups (broad SMARTS) is 8. The van der Waals surface area contributed by atoms with E-state index in [9.17, 15) is 79.2 Å². The van der Waals surface area contributed by atoms with Gasteiger partial charge in [-0.15, -0.1) is 0 Å². The van der Waals surface area contributed by atoms with Gasteiger partial charge in [-0.3, -0.25) is 0 Å². The number of nitrogens with zero attached hydrogens (tertiary/aromatic N) is 2. The molecule has 442 valence electrons. The molecule has 0 unspecified atom stereocenters. The average Bonchev–Trinajstić information content (AvgIpc) is 1.73. The molecule has 20 nitrogen and oxygen atoms in total. The molecular formula is C68H54N4O16. The molecule has 20 heteroatoms. The van der Waals surface area contributed by atoms with E-state index in [1.165, 1.54) is 48.5 Å². The quantitative estimate of drug-likeness (QED) is 0.0544. The van der Waals surface area contributed by atoms with Crippen molar-refractivity contribution in [1.82, 2.24) is 9.97 Å². The topological polar surface area (TPSA) is 355 Å². The molecule has 5 aliphatic carbocycles. The van der Waals surface area contributed by atoms with Crippen LogP contribution in [0.15, 0.2) is 116 Å². The lowest BCUT2D eigenvalue weighted by atomic mass is 9.81. The van der Waals surface area contributed by atoms with Gasteiger partial charge in [0.25, 0.3) is 0 Å². The number of carboxylic acids is 8. The van der Waals surface area contributed by atoms with Crippen molar-refractivity contribution in [2.24, 2.45) is 9.98 Å². The van der Waals surface area contributed by atoms with Crippen molar-refractivity contribution in [3.8, 4) is 0 Å². The van der Waals surface area contributed by atoms with Crippen LogP contribution in [0.3, 0.4) is 0 Å². The Balaban J connectivity index is 1.34. The van der Waals surface area contributed by atoms with E-state index in [2.05, 4.69) is 9.97 Å². The summed E-state index contributed by atoms with van der Waals surface area (Å²) in [5, 5.41) is 86.5. The van der Waals surface area contributed by atoms with E-state index in [-0.39, 0.29) is 66.8 Å². The minimum absolute atomic E-state index is 0.149. The molecule has 0 saturated heterocycles. The molecule has 0 saturated carbocycles. The summed E-state index contributed by atoms with van der Waals surface area (Å²) in [4.78, 5) is 124. The van der Waals surface area contributed by atoms with Crippen LogP contribution in [0.2, 0.25) is 0 Å². The zero-order valence-corrected chi connectivity index (χ0v) is 47.0. The molecule has 0 radical (unpaired) electrons. The van der Waals surface area contributed by atoms with E-state index in [0.29, 0.717) is 192 Å². The number of aromatic nitrogens is 2. The Morgan fingerprint density at radius 1 is 0.284 bits per heavy atom. The van der Waals surface area contributed by atoms with Crippen LogP contribution in [0.1, 0.15) is 216 Å². The summed E-state index contributed by atoms with van der Waals surface area (Å²) in [5.74, 6) is -11.4. The number of aromatic amines is 2. The second-order valence-corrected chi connectivity index (χ2v) is 23.2. The Bertz CT molecular complexity index is 4230. The van der Waals surface area contributed by atoms with Gasteiger partial charge in [0.05, 0.1) is 89.4 Å². The monoisotopic (exact) mass is 1180 g/mol. The molecule has 6 aromatic rings. The SMILES string of the molecule is O=C(O)c1cc(C(=O)O)cc(C2=C3N=C(C4=C3CCCC4)C(c3cc(C(=O)O)cc(C(=O)O)c3)=c3[nH]c(c4c3CCCC4)=C(c3cc(C(=O)O)cc(C(=O)O)c3)C3=NC(=C(c4cc(C(=O)O)cc(C(=O)O)c4)c4[nH]c2c2c4CCCC2)C2=C3CCCC2)c1. The zero-order chi connectivity index (χ0) is 61.7. The van der Waals surface area contributed by atoms with Gasteiger partial charge in [-0.25, -0.2) is 48.3 Å². The van der Waals surface area contributed by atoms with Crippen molar-refractivity contribution in [3.05, 3.63) is 218 Å². The lowest BCUT2D eigenvalue weighted by molar-refractivity contribution is 0.0676. The molecule has 88 heavy (non-hydrogen) atoms. The van der Waals surface area contributed by atoms with Gasteiger partial charge < -0.3 is 50.8 Å². The highest BCUT2D eigenvalue weighted by atomic mass is 16.4. The highest BCUT2D eigenvalue weighted by Crippen LogP contribution is 2.50. The maximum Gasteiger partial charge on any atom is 0.335 e. The molecule has 0 amide bonds. The molecule has 0 spiro atoms. The highest BCUT2D eigenvalue weighted by Gasteiger charge is 2.40. The van der Waals surface area contributed by atoms with Crippen LogP contribution in [0.25, 0.3) is 22.3 Å². The molecule has 2 aliphatic heterocycles. The predicted octanol–water partition coefficient (Wildman–Crippen LogP) is 9.97. The number of H-pyrrole nitrogens is 2. The van der Waals surface area contributed by atoms with Gasteiger partial charge in [-0.2, -0.15) is 0 Å². The van der Waals surface area contributed by atoms with E-state index < -0.39 is 47.8 Å². The van der Waals surface area contributed by atoms with E-state index in [1.54, 1.807) is 0 Å². The fourth-order valence-electron chi connectivity index (χ4n) is 14.2. The fourth-order valence-corrected chi connectivity index (χ4v) is 14.2. The summed E-state index contributed by atoms with van der Waals surface area (Å²) < 4.78 is 0. The third-order valence-electron chi connectivity index (χ3n) is 18.0. The first-order valence-corrected chi connectivity index (χ1v) is 29.1. The maximum absolute atomic E-state index is 13.2. The van der Waals surface area contributed by atoms with Crippen molar-refractivity contribution in [2.75, 3.05) is 0 Å². The molecule has 13 rings (SSSR count). The van der Waals surface area contributed by atoms with Gasteiger partial charge in [-0.05, 0) is 242 Å². The van der Waals surface area contributed by atoms with Crippen molar-refractivity contribution >= 4 is 81.5 Å². The number of rotatable bonds is 12. The normalized spacial score (nSPS) is 17.0. The van der Waals surface area contributed by atoms with Gasteiger partial charge in [0.1, 0.15) is 0 Å². The Morgan fingerprint density at radius 3 is 0.795 bits per heavy atom. The number of benzene rings is 4. The van der Waals surface area contributed by atoms with E-state index >= 15 is 0 Å². The molecule has 4 aromatic carbocycles. The van der Waals surface area contributed by atoms with Crippen molar-refractivity contribution < 1.29 is 79.2 Å². The summed E-state index contributed by atoms with van der Waals surface area (Å²) >= 11 is 0. The molecule has 4 heterocycles. The number of hydrogen-bond donors (Lipinski definition) is 10. The molecule has 0 atom stereocenters. The van der Waals surface area contributed by atoms with Crippen LogP contribution < -0.4 is 10.7 Å². The first-order chi connectivity index (χ1) is 42.2. The maximum atomic E-state index is 13.2. The standard InChI is InChI=1S/C68H54N4O16/c73-61(74)33-17-29(18-34(25-33)62(75)76)49-53-41-9-1-2-10-42(41)54(69-53)50(30-19-35(63(77)78)26-36(20-30)64(79)80)56-45-13-5-6-14-46(45)58(71-56)52(32-23-39(67(85)86)28-40(24-32)68(87)88)60-48-16-8-7-15-47(48)59(72-60)51(57-44-12-4-3-11-43(44)55(49)70-57)31-21-37(65(81)82)27-38(22-31)66(83)84/h17-28,69,72H,1-16H2,(H,73,74)(H,75,76)(H,77,78)(H,79,80)(H,81,82)(H,83,84)(H,85,86)(H,87,88).